The van der Waals surface area contributed by atoms with Crippen LogP contribution in [0.4, 0.5) is 4.39 Å². The van der Waals surface area contributed by atoms with Gasteiger partial charge in [0.25, 0.3) is 0 Å². The first-order valence-corrected chi connectivity index (χ1v) is 5.97. The number of nitrogens with zero attached hydrogens (tertiary/aromatic N) is 2. The SMILES string of the molecule is Cc1ccc(OCc2cncc(F)c2)c(CCl)n1. The maximum atomic E-state index is 12.9. The third-order valence-electron chi connectivity index (χ3n) is 2.35. The second kappa shape index (κ2) is 5.78. The van der Waals surface area contributed by atoms with E-state index in [4.69, 9.17) is 16.3 Å². The number of alkyl halides is 1. The maximum Gasteiger partial charge on any atom is 0.142 e. The molecule has 94 valence electrons. The van der Waals surface area contributed by atoms with E-state index in [0.717, 1.165) is 11.9 Å². The van der Waals surface area contributed by atoms with Crippen LogP contribution in [0.15, 0.2) is 30.6 Å². The summed E-state index contributed by atoms with van der Waals surface area (Å²) < 4.78 is 18.5. The van der Waals surface area contributed by atoms with Crippen LogP contribution in [0.1, 0.15) is 17.0 Å². The molecule has 2 aromatic heterocycles. The highest BCUT2D eigenvalue weighted by atomic mass is 35.5. The predicted molar refractivity (Wildman–Crippen MR) is 67.1 cm³/mol. The summed E-state index contributed by atoms with van der Waals surface area (Å²) in [5.41, 5.74) is 2.22. The van der Waals surface area contributed by atoms with Crippen molar-refractivity contribution in [1.29, 1.82) is 0 Å². The van der Waals surface area contributed by atoms with Crippen LogP contribution in [0.25, 0.3) is 0 Å². The van der Waals surface area contributed by atoms with Crippen LogP contribution in [0.2, 0.25) is 0 Å². The molecule has 0 radical (unpaired) electrons. The fraction of sp³-hybridized carbons (Fsp3) is 0.231. The Morgan fingerprint density at radius 3 is 2.89 bits per heavy atom. The van der Waals surface area contributed by atoms with Crippen LogP contribution < -0.4 is 4.74 Å². The number of hydrogen-bond acceptors (Lipinski definition) is 3. The van der Waals surface area contributed by atoms with E-state index in [-0.39, 0.29) is 18.3 Å². The lowest BCUT2D eigenvalue weighted by molar-refractivity contribution is 0.301. The smallest absolute Gasteiger partial charge is 0.142 e. The predicted octanol–water partition coefficient (Wildman–Crippen LogP) is 3.24. The Morgan fingerprint density at radius 2 is 2.17 bits per heavy atom. The Morgan fingerprint density at radius 1 is 1.33 bits per heavy atom. The van der Waals surface area contributed by atoms with Crippen molar-refractivity contribution in [2.75, 3.05) is 0 Å². The average molecular weight is 267 g/mol. The molecule has 0 spiro atoms. The molecule has 2 aromatic rings. The minimum absolute atomic E-state index is 0.236. The van der Waals surface area contributed by atoms with Crippen LogP contribution >= 0.6 is 11.6 Å². The Kier molecular flexibility index (Phi) is 4.10. The molecule has 18 heavy (non-hydrogen) atoms. The van der Waals surface area contributed by atoms with E-state index in [2.05, 4.69) is 9.97 Å². The topological polar surface area (TPSA) is 35.0 Å². The zero-order valence-electron chi connectivity index (χ0n) is 9.86. The number of aryl methyl sites for hydroxylation is 1. The molecular formula is C13H12ClFN2O. The van der Waals surface area contributed by atoms with E-state index in [9.17, 15) is 4.39 Å². The number of halogens is 2. The number of rotatable bonds is 4. The van der Waals surface area contributed by atoms with E-state index in [1.807, 2.05) is 19.1 Å². The Bertz CT molecular complexity index is 548. The van der Waals surface area contributed by atoms with Gasteiger partial charge in [0.15, 0.2) is 0 Å². The normalized spacial score (nSPS) is 10.4. The third kappa shape index (κ3) is 3.17. The van der Waals surface area contributed by atoms with Crippen molar-refractivity contribution in [3.05, 3.63) is 53.4 Å². The van der Waals surface area contributed by atoms with Gasteiger partial charge in [-0.25, -0.2) is 4.39 Å². The summed E-state index contributed by atoms with van der Waals surface area (Å²) in [5.74, 6) is 0.508. The van der Waals surface area contributed by atoms with Crippen molar-refractivity contribution in [3.8, 4) is 5.75 Å². The van der Waals surface area contributed by atoms with Crippen LogP contribution in [0, 0.1) is 12.7 Å². The van der Waals surface area contributed by atoms with Gasteiger partial charge in [0.1, 0.15) is 18.2 Å². The maximum absolute atomic E-state index is 12.9. The molecule has 0 bridgehead atoms. The van der Waals surface area contributed by atoms with Crippen molar-refractivity contribution < 1.29 is 9.13 Å². The molecule has 0 aliphatic carbocycles. The average Bonchev–Trinajstić information content (AvgIpc) is 2.37. The fourth-order valence-corrected chi connectivity index (χ4v) is 1.71. The first kappa shape index (κ1) is 12.8. The highest BCUT2D eigenvalue weighted by Crippen LogP contribution is 2.20. The minimum atomic E-state index is -0.379. The molecule has 2 heterocycles. The van der Waals surface area contributed by atoms with Gasteiger partial charge in [-0.15, -0.1) is 11.6 Å². The monoisotopic (exact) mass is 266 g/mol. The quantitative estimate of drug-likeness (QED) is 0.797. The van der Waals surface area contributed by atoms with Crippen molar-refractivity contribution in [1.82, 2.24) is 9.97 Å². The van der Waals surface area contributed by atoms with Crippen LogP contribution in [-0.2, 0) is 12.5 Å². The zero-order chi connectivity index (χ0) is 13.0. The lowest BCUT2D eigenvalue weighted by Crippen LogP contribution is -2.01. The van der Waals surface area contributed by atoms with E-state index < -0.39 is 0 Å². The van der Waals surface area contributed by atoms with Crippen LogP contribution in [0.5, 0.6) is 5.75 Å². The lowest BCUT2D eigenvalue weighted by Gasteiger charge is -2.09. The molecule has 0 fully saturated rings. The van der Waals surface area contributed by atoms with Gasteiger partial charge in [-0.3, -0.25) is 9.97 Å². The molecule has 0 aromatic carbocycles. The molecule has 0 amide bonds. The molecule has 0 saturated carbocycles. The second-order valence-corrected chi connectivity index (χ2v) is 4.10. The molecule has 0 N–H and O–H groups in total. The van der Waals surface area contributed by atoms with E-state index in [0.29, 0.717) is 17.0 Å². The van der Waals surface area contributed by atoms with Gasteiger partial charge >= 0.3 is 0 Å². The van der Waals surface area contributed by atoms with Crippen molar-refractivity contribution >= 4 is 11.6 Å². The second-order valence-electron chi connectivity index (χ2n) is 3.83. The van der Waals surface area contributed by atoms with Gasteiger partial charge in [-0.2, -0.15) is 0 Å². The molecular weight excluding hydrogens is 255 g/mol. The first-order valence-electron chi connectivity index (χ1n) is 5.44. The standard InChI is InChI=1S/C13H12ClFN2O/c1-9-2-3-13(12(5-14)17-9)18-8-10-4-11(15)7-16-6-10/h2-4,6-7H,5,8H2,1H3. The third-order valence-corrected chi connectivity index (χ3v) is 2.61. The molecule has 0 aliphatic heterocycles. The zero-order valence-corrected chi connectivity index (χ0v) is 10.6. The van der Waals surface area contributed by atoms with Gasteiger partial charge in [-0.05, 0) is 25.1 Å². The number of hydrogen-bond donors (Lipinski definition) is 0. The molecule has 0 aliphatic rings. The van der Waals surface area contributed by atoms with Gasteiger partial charge in [0.05, 0.1) is 17.8 Å². The van der Waals surface area contributed by atoms with E-state index in [1.165, 1.54) is 6.07 Å². The molecule has 0 atom stereocenters. The van der Waals surface area contributed by atoms with Crippen molar-refractivity contribution in [3.63, 3.8) is 0 Å². The number of pyridine rings is 2. The van der Waals surface area contributed by atoms with Crippen molar-refractivity contribution in [2.24, 2.45) is 0 Å². The number of ether oxygens (including phenoxy) is 1. The van der Waals surface area contributed by atoms with Crippen molar-refractivity contribution in [2.45, 2.75) is 19.4 Å². The summed E-state index contributed by atoms with van der Waals surface area (Å²) in [6.45, 7) is 2.12. The molecule has 0 unspecified atom stereocenters. The van der Waals surface area contributed by atoms with E-state index >= 15 is 0 Å². The highest BCUT2D eigenvalue weighted by Gasteiger charge is 2.05. The summed E-state index contributed by atoms with van der Waals surface area (Å²) in [4.78, 5) is 8.03. The van der Waals surface area contributed by atoms with Crippen LogP contribution in [-0.4, -0.2) is 9.97 Å². The van der Waals surface area contributed by atoms with E-state index in [1.54, 1.807) is 6.20 Å². The molecule has 3 nitrogen and oxygen atoms in total. The summed E-state index contributed by atoms with van der Waals surface area (Å²) in [7, 11) is 0. The van der Waals surface area contributed by atoms with Gasteiger partial charge < -0.3 is 4.74 Å². The lowest BCUT2D eigenvalue weighted by atomic mass is 10.3. The Balaban J connectivity index is 2.10. The highest BCUT2D eigenvalue weighted by molar-refractivity contribution is 6.17. The summed E-state index contributed by atoms with van der Waals surface area (Å²) in [5, 5.41) is 0. The van der Waals surface area contributed by atoms with Gasteiger partial charge in [0.2, 0.25) is 0 Å². The molecule has 0 saturated heterocycles. The summed E-state index contributed by atoms with van der Waals surface area (Å²) in [6, 6.07) is 5.04. The molecule has 2 rings (SSSR count). The fourth-order valence-electron chi connectivity index (χ4n) is 1.52. The first-order chi connectivity index (χ1) is 8.69. The number of aromatic nitrogens is 2. The van der Waals surface area contributed by atoms with Gasteiger partial charge in [-0.1, -0.05) is 0 Å². The Labute approximate surface area is 110 Å². The largest absolute Gasteiger partial charge is 0.487 e. The summed E-state index contributed by atoms with van der Waals surface area (Å²) >= 11 is 5.80. The molecule has 5 heteroatoms. The minimum Gasteiger partial charge on any atom is -0.487 e. The van der Waals surface area contributed by atoms with Gasteiger partial charge in [0, 0.05) is 17.5 Å². The Hall–Kier alpha value is -1.68. The van der Waals surface area contributed by atoms with Crippen LogP contribution in [0.3, 0.4) is 0 Å². The summed E-state index contributed by atoms with van der Waals surface area (Å²) in [6.07, 6.45) is 2.71.